The highest BCUT2D eigenvalue weighted by Gasteiger charge is 2.62. The highest BCUT2D eigenvalue weighted by atomic mass is 16.4. The molecule has 4 saturated carbocycles. The van der Waals surface area contributed by atoms with Crippen LogP contribution < -0.4 is 0 Å². The molecule has 0 radical (unpaired) electrons. The molecule has 3 N–H and O–H groups in total. The Morgan fingerprint density at radius 3 is 2.39 bits per heavy atom. The third-order valence-electron chi connectivity index (χ3n) is 10.2. The Balaban J connectivity index is 1.55. The Bertz CT molecular complexity index is 605. The lowest BCUT2D eigenvalue weighted by Gasteiger charge is -2.62. The Morgan fingerprint density at radius 1 is 1.00 bits per heavy atom. The first kappa shape index (κ1) is 20.7. The molecule has 0 aromatic heterocycles. The first-order valence-corrected chi connectivity index (χ1v) is 11.7. The molecule has 4 heteroatoms. The van der Waals surface area contributed by atoms with Crippen molar-refractivity contribution in [3.8, 4) is 0 Å². The topological polar surface area (TPSA) is 77.8 Å². The maximum atomic E-state index is 11.2. The number of carboxylic acid groups (broad SMARTS) is 1. The molecule has 10 atom stereocenters. The van der Waals surface area contributed by atoms with E-state index in [4.69, 9.17) is 5.11 Å². The predicted octanol–water partition coefficient (Wildman–Crippen LogP) is 4.48. The van der Waals surface area contributed by atoms with Gasteiger partial charge in [0.2, 0.25) is 0 Å². The first-order chi connectivity index (χ1) is 13.2. The van der Waals surface area contributed by atoms with Crippen LogP contribution >= 0.6 is 0 Å². The summed E-state index contributed by atoms with van der Waals surface area (Å²) >= 11 is 0. The molecule has 0 heterocycles. The van der Waals surface area contributed by atoms with E-state index in [2.05, 4.69) is 20.8 Å². The third kappa shape index (κ3) is 3.14. The van der Waals surface area contributed by atoms with E-state index in [1.54, 1.807) is 0 Å². The zero-order chi connectivity index (χ0) is 20.3. The van der Waals surface area contributed by atoms with Crippen molar-refractivity contribution >= 4 is 5.97 Å². The second-order valence-corrected chi connectivity index (χ2v) is 11.4. The van der Waals surface area contributed by atoms with E-state index in [1.165, 1.54) is 25.7 Å². The van der Waals surface area contributed by atoms with Crippen LogP contribution in [0.25, 0.3) is 0 Å². The van der Waals surface area contributed by atoms with Gasteiger partial charge in [-0.25, -0.2) is 0 Å². The number of carboxylic acids is 1. The second-order valence-electron chi connectivity index (χ2n) is 11.4. The van der Waals surface area contributed by atoms with Crippen molar-refractivity contribution in [3.63, 3.8) is 0 Å². The van der Waals surface area contributed by atoms with Crippen LogP contribution in [-0.2, 0) is 4.79 Å². The number of aliphatic hydroxyl groups excluding tert-OH is 2. The summed E-state index contributed by atoms with van der Waals surface area (Å²) in [6.07, 6.45) is 9.19. The Labute approximate surface area is 170 Å². The molecule has 0 aliphatic heterocycles. The number of hydrogen-bond acceptors (Lipinski definition) is 3. The molecule has 4 aliphatic carbocycles. The number of fused-ring (bicyclic) bond motifs is 5. The summed E-state index contributed by atoms with van der Waals surface area (Å²) in [6.45, 7) is 7.16. The molecule has 0 amide bonds. The highest BCUT2D eigenvalue weighted by molar-refractivity contribution is 5.66. The molecule has 0 bridgehead atoms. The van der Waals surface area contributed by atoms with Gasteiger partial charge in [0.1, 0.15) is 0 Å². The Morgan fingerprint density at radius 2 is 1.68 bits per heavy atom. The SMILES string of the molecule is C[C@H](CCC(=O)O)C1CC[C@H]2[C@@H]3[C@@H](CC[C@@]12C)[C@@]1(C)CC[C@@H](O)C[C@@H]1C[C@@H]3O. The van der Waals surface area contributed by atoms with Gasteiger partial charge in [-0.05, 0) is 104 Å². The van der Waals surface area contributed by atoms with Gasteiger partial charge in [0.25, 0.3) is 0 Å². The van der Waals surface area contributed by atoms with E-state index in [1.807, 2.05) is 0 Å². The maximum absolute atomic E-state index is 11.2. The molecule has 4 nitrogen and oxygen atoms in total. The summed E-state index contributed by atoms with van der Waals surface area (Å²) in [5.41, 5.74) is 0.523. The van der Waals surface area contributed by atoms with Gasteiger partial charge >= 0.3 is 5.97 Å². The fourth-order valence-electron chi connectivity index (χ4n) is 8.73. The lowest BCUT2D eigenvalue weighted by Crippen LogP contribution is -2.58. The van der Waals surface area contributed by atoms with Crippen LogP contribution in [0.2, 0.25) is 0 Å². The van der Waals surface area contributed by atoms with Crippen molar-refractivity contribution in [3.05, 3.63) is 0 Å². The minimum atomic E-state index is -0.684. The Kier molecular flexibility index (Phi) is 5.36. The molecule has 4 fully saturated rings. The molecule has 0 aromatic carbocycles. The van der Waals surface area contributed by atoms with Crippen molar-refractivity contribution in [2.75, 3.05) is 0 Å². The standard InChI is InChI=1S/C24H40O4/c1-14(4-7-21(27)28)17-5-6-18-22-19(9-11-24(17,18)3)23(2)10-8-16(25)12-15(23)13-20(22)26/h14-20,22,25-26H,4-13H2,1-3H3,(H,27,28)/t14-,15-,16-,17?,18+,19-,20+,22-,23+,24+/m1/s1. The van der Waals surface area contributed by atoms with Crippen LogP contribution in [0.4, 0.5) is 0 Å². The average Bonchev–Trinajstić information content (AvgIpc) is 2.98. The zero-order valence-corrected chi connectivity index (χ0v) is 17.9. The van der Waals surface area contributed by atoms with Gasteiger partial charge < -0.3 is 15.3 Å². The average molecular weight is 393 g/mol. The van der Waals surface area contributed by atoms with E-state index < -0.39 is 5.97 Å². The molecule has 0 aromatic rings. The normalized spacial score (nSPS) is 51.7. The van der Waals surface area contributed by atoms with E-state index >= 15 is 0 Å². The van der Waals surface area contributed by atoms with Crippen molar-refractivity contribution in [2.45, 2.75) is 97.2 Å². The van der Waals surface area contributed by atoms with Crippen molar-refractivity contribution in [2.24, 2.45) is 46.3 Å². The van der Waals surface area contributed by atoms with Gasteiger partial charge in [-0.2, -0.15) is 0 Å². The van der Waals surface area contributed by atoms with Gasteiger partial charge in [-0.1, -0.05) is 20.8 Å². The molecule has 1 unspecified atom stereocenters. The molecule has 4 rings (SSSR count). The van der Waals surface area contributed by atoms with Crippen molar-refractivity contribution in [1.29, 1.82) is 0 Å². The van der Waals surface area contributed by atoms with Crippen LogP contribution in [0.15, 0.2) is 0 Å². The quantitative estimate of drug-likeness (QED) is 0.659. The minimum absolute atomic E-state index is 0.179. The number of hydrogen-bond donors (Lipinski definition) is 3. The molecule has 28 heavy (non-hydrogen) atoms. The number of aliphatic hydroxyl groups is 2. The van der Waals surface area contributed by atoms with E-state index in [9.17, 15) is 15.0 Å². The minimum Gasteiger partial charge on any atom is -0.481 e. The zero-order valence-electron chi connectivity index (χ0n) is 17.9. The van der Waals surface area contributed by atoms with Gasteiger partial charge in [0.15, 0.2) is 0 Å². The summed E-state index contributed by atoms with van der Waals surface area (Å²) in [5.74, 6) is 2.36. The molecule has 160 valence electrons. The summed E-state index contributed by atoms with van der Waals surface area (Å²) < 4.78 is 0. The number of rotatable bonds is 4. The molecular formula is C24H40O4. The fraction of sp³-hybridized carbons (Fsp3) is 0.958. The first-order valence-electron chi connectivity index (χ1n) is 11.7. The predicted molar refractivity (Wildman–Crippen MR) is 109 cm³/mol. The van der Waals surface area contributed by atoms with E-state index in [0.717, 1.165) is 32.1 Å². The summed E-state index contributed by atoms with van der Waals surface area (Å²) in [6, 6.07) is 0. The van der Waals surface area contributed by atoms with Gasteiger partial charge in [0.05, 0.1) is 12.2 Å². The van der Waals surface area contributed by atoms with Gasteiger partial charge in [-0.15, -0.1) is 0 Å². The monoisotopic (exact) mass is 392 g/mol. The number of aliphatic carboxylic acids is 1. The third-order valence-corrected chi connectivity index (χ3v) is 10.2. The number of carbonyl (C=O) groups is 1. The molecule has 0 saturated heterocycles. The smallest absolute Gasteiger partial charge is 0.303 e. The van der Waals surface area contributed by atoms with Crippen LogP contribution in [0.3, 0.4) is 0 Å². The lowest BCUT2D eigenvalue weighted by atomic mass is 9.43. The molecule has 4 aliphatic rings. The highest BCUT2D eigenvalue weighted by Crippen LogP contribution is 2.68. The van der Waals surface area contributed by atoms with E-state index in [-0.39, 0.29) is 29.5 Å². The van der Waals surface area contributed by atoms with Crippen LogP contribution in [0, 0.1) is 46.3 Å². The lowest BCUT2D eigenvalue weighted by molar-refractivity contribution is -0.174. The van der Waals surface area contributed by atoms with Gasteiger partial charge in [-0.3, -0.25) is 4.79 Å². The van der Waals surface area contributed by atoms with Crippen LogP contribution in [-0.4, -0.2) is 33.5 Å². The summed E-state index contributed by atoms with van der Waals surface area (Å²) in [4.78, 5) is 11.1. The van der Waals surface area contributed by atoms with Crippen LogP contribution in [0.5, 0.6) is 0 Å². The Hall–Kier alpha value is -0.610. The summed E-state index contributed by atoms with van der Waals surface area (Å²) in [7, 11) is 0. The molecule has 0 spiro atoms. The van der Waals surface area contributed by atoms with Crippen molar-refractivity contribution < 1.29 is 20.1 Å². The van der Waals surface area contributed by atoms with Gasteiger partial charge in [0, 0.05) is 6.42 Å². The van der Waals surface area contributed by atoms with Crippen LogP contribution in [0.1, 0.15) is 85.0 Å². The van der Waals surface area contributed by atoms with E-state index in [0.29, 0.717) is 35.5 Å². The fourth-order valence-corrected chi connectivity index (χ4v) is 8.73. The van der Waals surface area contributed by atoms with Crippen molar-refractivity contribution in [1.82, 2.24) is 0 Å². The summed E-state index contributed by atoms with van der Waals surface area (Å²) in [5, 5.41) is 30.5. The second kappa shape index (κ2) is 7.27. The maximum Gasteiger partial charge on any atom is 0.303 e. The largest absolute Gasteiger partial charge is 0.481 e. The molecular weight excluding hydrogens is 352 g/mol.